The lowest BCUT2D eigenvalue weighted by Gasteiger charge is -2.16. The quantitative estimate of drug-likeness (QED) is 0.276. The highest BCUT2D eigenvalue weighted by Crippen LogP contribution is 2.28. The van der Waals surface area contributed by atoms with Crippen LogP contribution >= 0.6 is 11.8 Å². The summed E-state index contributed by atoms with van der Waals surface area (Å²) in [5.74, 6) is 1.24. The topological polar surface area (TPSA) is 103 Å². The fourth-order valence-corrected chi connectivity index (χ4v) is 3.97. The predicted molar refractivity (Wildman–Crippen MR) is 120 cm³/mol. The van der Waals surface area contributed by atoms with Gasteiger partial charge in [-0.1, -0.05) is 55.4 Å². The van der Waals surface area contributed by atoms with Crippen molar-refractivity contribution in [2.45, 2.75) is 50.1 Å². The Morgan fingerprint density at radius 3 is 2.52 bits per heavy atom. The molecule has 1 heterocycles. The number of carbonyl (C=O) groups is 1. The van der Waals surface area contributed by atoms with Crippen LogP contribution in [0.3, 0.4) is 0 Å². The number of thioether (sulfide) groups is 1. The number of non-ortho nitro benzene ring substituents is 1. The molecule has 1 atom stereocenters. The smallest absolute Gasteiger partial charge is 0.269 e. The molecule has 0 radical (unpaired) electrons. The molecule has 0 saturated heterocycles. The standard InChI is InChI=1S/C22H25N5O3S/c1-3-4-10-20(28)23-16(2)21-24-25-22(31-15-17-8-6-5-7-9-17)26(21)18-11-13-19(14-12-18)27(29)30/h5-9,11-14,16H,3-4,10,15H2,1-2H3,(H,23,28). The summed E-state index contributed by atoms with van der Waals surface area (Å²) in [6, 6.07) is 15.9. The second-order valence-corrected chi connectivity index (χ2v) is 8.06. The van der Waals surface area contributed by atoms with Crippen molar-refractivity contribution in [2.24, 2.45) is 0 Å². The van der Waals surface area contributed by atoms with Gasteiger partial charge in [-0.25, -0.2) is 0 Å². The maximum Gasteiger partial charge on any atom is 0.269 e. The van der Waals surface area contributed by atoms with Gasteiger partial charge in [0.1, 0.15) is 0 Å². The normalized spacial score (nSPS) is 11.8. The molecule has 0 bridgehead atoms. The van der Waals surface area contributed by atoms with E-state index in [1.165, 1.54) is 23.9 Å². The fraction of sp³-hybridized carbons (Fsp3) is 0.318. The molecule has 1 aromatic heterocycles. The van der Waals surface area contributed by atoms with Gasteiger partial charge in [-0.3, -0.25) is 19.5 Å². The molecule has 9 heteroatoms. The number of aromatic nitrogens is 3. The van der Waals surface area contributed by atoms with Crippen molar-refractivity contribution in [3.05, 3.63) is 76.1 Å². The van der Waals surface area contributed by atoms with Crippen molar-refractivity contribution >= 4 is 23.4 Å². The van der Waals surface area contributed by atoms with Gasteiger partial charge in [-0.15, -0.1) is 10.2 Å². The van der Waals surface area contributed by atoms with Gasteiger partial charge in [0.05, 0.1) is 11.0 Å². The Balaban J connectivity index is 1.89. The Bertz CT molecular complexity index is 1020. The van der Waals surface area contributed by atoms with Gasteiger partial charge in [0.25, 0.3) is 5.69 Å². The minimum Gasteiger partial charge on any atom is -0.346 e. The van der Waals surface area contributed by atoms with Crippen LogP contribution in [-0.2, 0) is 10.5 Å². The number of hydrogen-bond acceptors (Lipinski definition) is 6. The Kier molecular flexibility index (Phi) is 7.77. The summed E-state index contributed by atoms with van der Waals surface area (Å²) in [4.78, 5) is 22.8. The number of nitrogens with one attached hydrogen (secondary N) is 1. The summed E-state index contributed by atoms with van der Waals surface area (Å²) in [5, 5.41) is 23.3. The second kappa shape index (κ2) is 10.7. The molecule has 3 rings (SSSR count). The second-order valence-electron chi connectivity index (χ2n) is 7.12. The number of amides is 1. The summed E-state index contributed by atoms with van der Waals surface area (Å²) >= 11 is 1.52. The first kappa shape index (κ1) is 22.5. The van der Waals surface area contributed by atoms with E-state index >= 15 is 0 Å². The minimum atomic E-state index is -0.432. The van der Waals surface area contributed by atoms with E-state index in [0.717, 1.165) is 18.4 Å². The summed E-state index contributed by atoms with van der Waals surface area (Å²) in [7, 11) is 0. The van der Waals surface area contributed by atoms with E-state index in [9.17, 15) is 14.9 Å². The third kappa shape index (κ3) is 5.91. The zero-order chi connectivity index (χ0) is 22.2. The summed E-state index contributed by atoms with van der Waals surface area (Å²) in [6.45, 7) is 3.90. The molecule has 3 aromatic rings. The zero-order valence-corrected chi connectivity index (χ0v) is 18.3. The van der Waals surface area contributed by atoms with E-state index < -0.39 is 4.92 Å². The Labute approximate surface area is 185 Å². The van der Waals surface area contributed by atoms with Crippen LogP contribution in [0, 0.1) is 10.1 Å². The highest BCUT2D eigenvalue weighted by Gasteiger charge is 2.21. The largest absolute Gasteiger partial charge is 0.346 e. The van der Waals surface area contributed by atoms with E-state index in [-0.39, 0.29) is 17.6 Å². The molecule has 1 amide bonds. The van der Waals surface area contributed by atoms with Crippen molar-refractivity contribution in [1.29, 1.82) is 0 Å². The molecule has 31 heavy (non-hydrogen) atoms. The van der Waals surface area contributed by atoms with Crippen LogP contribution in [0.5, 0.6) is 0 Å². The SMILES string of the molecule is CCCCC(=O)NC(C)c1nnc(SCc2ccccc2)n1-c1ccc([N+](=O)[O-])cc1. The number of rotatable bonds is 10. The van der Waals surface area contributed by atoms with Gasteiger partial charge in [-0.05, 0) is 31.0 Å². The van der Waals surface area contributed by atoms with E-state index in [0.29, 0.717) is 28.8 Å². The van der Waals surface area contributed by atoms with Gasteiger partial charge >= 0.3 is 0 Å². The fourth-order valence-electron chi connectivity index (χ4n) is 3.06. The van der Waals surface area contributed by atoms with E-state index in [1.54, 1.807) is 12.1 Å². The molecular formula is C22H25N5O3S. The van der Waals surface area contributed by atoms with Crippen LogP contribution in [-0.4, -0.2) is 25.6 Å². The lowest BCUT2D eigenvalue weighted by molar-refractivity contribution is -0.384. The number of nitro groups is 1. The zero-order valence-electron chi connectivity index (χ0n) is 17.5. The van der Waals surface area contributed by atoms with Gasteiger partial charge in [0, 0.05) is 30.0 Å². The molecular weight excluding hydrogens is 414 g/mol. The molecule has 1 unspecified atom stereocenters. The summed E-state index contributed by atoms with van der Waals surface area (Å²) < 4.78 is 1.85. The van der Waals surface area contributed by atoms with E-state index in [2.05, 4.69) is 15.5 Å². The highest BCUT2D eigenvalue weighted by atomic mass is 32.2. The predicted octanol–water partition coefficient (Wildman–Crippen LogP) is 4.84. The molecule has 0 saturated carbocycles. The van der Waals surface area contributed by atoms with Crippen molar-refractivity contribution in [3.8, 4) is 5.69 Å². The van der Waals surface area contributed by atoms with Gasteiger partial charge in [0.15, 0.2) is 11.0 Å². The average molecular weight is 440 g/mol. The minimum absolute atomic E-state index is 0.0118. The van der Waals surface area contributed by atoms with Crippen LogP contribution in [0.2, 0.25) is 0 Å². The number of nitro benzene ring substituents is 1. The highest BCUT2D eigenvalue weighted by molar-refractivity contribution is 7.98. The van der Waals surface area contributed by atoms with Crippen LogP contribution in [0.25, 0.3) is 5.69 Å². The number of carbonyl (C=O) groups excluding carboxylic acids is 1. The first-order valence-electron chi connectivity index (χ1n) is 10.2. The van der Waals surface area contributed by atoms with Crippen LogP contribution < -0.4 is 5.32 Å². The van der Waals surface area contributed by atoms with Gasteiger partial charge in [-0.2, -0.15) is 0 Å². The van der Waals surface area contributed by atoms with Gasteiger partial charge in [0.2, 0.25) is 5.91 Å². The molecule has 1 N–H and O–H groups in total. The number of unbranched alkanes of at least 4 members (excludes halogenated alkanes) is 1. The Hall–Kier alpha value is -3.20. The Morgan fingerprint density at radius 2 is 1.87 bits per heavy atom. The van der Waals surface area contributed by atoms with Crippen LogP contribution in [0.4, 0.5) is 5.69 Å². The number of nitrogens with zero attached hydrogens (tertiary/aromatic N) is 4. The van der Waals surface area contributed by atoms with Gasteiger partial charge < -0.3 is 5.32 Å². The molecule has 0 spiro atoms. The average Bonchev–Trinajstić information content (AvgIpc) is 3.21. The monoisotopic (exact) mass is 439 g/mol. The van der Waals surface area contributed by atoms with Crippen LogP contribution in [0.15, 0.2) is 59.8 Å². The third-order valence-corrected chi connectivity index (χ3v) is 5.71. The first-order valence-corrected chi connectivity index (χ1v) is 11.1. The number of hydrogen-bond donors (Lipinski definition) is 1. The molecule has 2 aromatic carbocycles. The van der Waals surface area contributed by atoms with E-state index in [1.807, 2.05) is 48.7 Å². The van der Waals surface area contributed by atoms with Crippen LogP contribution in [0.1, 0.15) is 50.5 Å². The molecule has 0 aliphatic carbocycles. The molecule has 162 valence electrons. The third-order valence-electron chi connectivity index (χ3n) is 4.71. The maximum absolute atomic E-state index is 12.2. The van der Waals surface area contributed by atoms with Crippen molar-refractivity contribution < 1.29 is 9.72 Å². The molecule has 0 aliphatic rings. The maximum atomic E-state index is 12.2. The molecule has 0 fully saturated rings. The summed E-state index contributed by atoms with van der Waals surface area (Å²) in [6.07, 6.45) is 2.23. The van der Waals surface area contributed by atoms with E-state index in [4.69, 9.17) is 0 Å². The van der Waals surface area contributed by atoms with Crippen molar-refractivity contribution in [2.75, 3.05) is 0 Å². The van der Waals surface area contributed by atoms with Crippen molar-refractivity contribution in [3.63, 3.8) is 0 Å². The lowest BCUT2D eigenvalue weighted by Crippen LogP contribution is -2.28. The lowest BCUT2D eigenvalue weighted by atomic mass is 10.2. The summed E-state index contributed by atoms with van der Waals surface area (Å²) in [5.41, 5.74) is 1.86. The Morgan fingerprint density at radius 1 is 1.16 bits per heavy atom. The first-order chi connectivity index (χ1) is 15.0. The molecule has 0 aliphatic heterocycles. The number of benzene rings is 2. The van der Waals surface area contributed by atoms with Crippen molar-refractivity contribution in [1.82, 2.24) is 20.1 Å². The molecule has 8 nitrogen and oxygen atoms in total.